The molecule has 118 valence electrons. The summed E-state index contributed by atoms with van der Waals surface area (Å²) in [6.45, 7) is 6.85. The van der Waals surface area contributed by atoms with Gasteiger partial charge in [-0.1, -0.05) is 0 Å². The van der Waals surface area contributed by atoms with E-state index in [9.17, 15) is 30.0 Å². The van der Waals surface area contributed by atoms with Gasteiger partial charge in [0.1, 0.15) is 12.2 Å². The predicted molar refractivity (Wildman–Crippen MR) is 70.6 cm³/mol. The molecular weight excluding hydrogens is 268 g/mol. The van der Waals surface area contributed by atoms with E-state index in [-0.39, 0.29) is 6.54 Å². The van der Waals surface area contributed by atoms with Crippen molar-refractivity contribution < 1.29 is 30.0 Å². The second-order valence-corrected chi connectivity index (χ2v) is 5.50. The molecule has 8 heteroatoms. The Hall–Kier alpha value is -1.22. The Balaban J connectivity index is 4.67. The summed E-state index contributed by atoms with van der Waals surface area (Å²) < 4.78 is 0. The van der Waals surface area contributed by atoms with Gasteiger partial charge in [-0.15, -0.1) is 0 Å². The smallest absolute Gasteiger partial charge is 0.252 e. The van der Waals surface area contributed by atoms with Gasteiger partial charge >= 0.3 is 0 Å². The summed E-state index contributed by atoms with van der Waals surface area (Å²) in [5.41, 5.74) is -0.638. The molecule has 0 unspecified atom stereocenters. The zero-order chi connectivity index (χ0) is 16.1. The predicted octanol–water partition coefficient (Wildman–Crippen LogP) is -2.52. The van der Waals surface area contributed by atoms with Crippen molar-refractivity contribution in [2.45, 2.75) is 57.6 Å². The maximum Gasteiger partial charge on any atom is 0.252 e. The molecule has 2 amide bonds. The molecule has 0 aromatic rings. The summed E-state index contributed by atoms with van der Waals surface area (Å²) in [5, 5.41) is 43.0. The van der Waals surface area contributed by atoms with Crippen LogP contribution in [-0.2, 0) is 9.59 Å². The summed E-state index contributed by atoms with van der Waals surface area (Å²) in [5.74, 6) is -1.81. The van der Waals surface area contributed by atoms with Crippen LogP contribution in [0.15, 0.2) is 0 Å². The summed E-state index contributed by atoms with van der Waals surface area (Å²) >= 11 is 0. The van der Waals surface area contributed by atoms with E-state index in [0.29, 0.717) is 0 Å². The molecule has 4 atom stereocenters. The van der Waals surface area contributed by atoms with Crippen molar-refractivity contribution in [3.63, 3.8) is 0 Å². The number of aliphatic hydroxyl groups excluding tert-OH is 4. The Morgan fingerprint density at radius 2 is 1.35 bits per heavy atom. The summed E-state index contributed by atoms with van der Waals surface area (Å²) in [6.07, 6.45) is -7.88. The highest BCUT2D eigenvalue weighted by Crippen LogP contribution is 2.08. The molecule has 0 rings (SSSR count). The lowest BCUT2D eigenvalue weighted by Gasteiger charge is -2.28. The highest BCUT2D eigenvalue weighted by Gasteiger charge is 2.37. The van der Waals surface area contributed by atoms with E-state index in [1.807, 2.05) is 0 Å². The quantitative estimate of drug-likeness (QED) is 0.319. The van der Waals surface area contributed by atoms with Crippen molar-refractivity contribution in [3.05, 3.63) is 0 Å². The lowest BCUT2D eigenvalue weighted by atomic mass is 10.0. The number of carbonyl (C=O) groups excluding carboxylic acids is 2. The van der Waals surface area contributed by atoms with Crippen LogP contribution in [-0.4, -0.2) is 68.7 Å². The van der Waals surface area contributed by atoms with Gasteiger partial charge in [-0.05, 0) is 27.7 Å². The van der Waals surface area contributed by atoms with Gasteiger partial charge in [0, 0.05) is 12.1 Å². The SMILES string of the molecule is CCNC(=O)[C@@H](O)[C@H](O)[C@H](O)[C@@H](O)C(=O)NC(C)(C)C. The molecule has 0 heterocycles. The van der Waals surface area contributed by atoms with Crippen LogP contribution in [0.3, 0.4) is 0 Å². The van der Waals surface area contributed by atoms with E-state index in [4.69, 9.17) is 0 Å². The lowest BCUT2D eigenvalue weighted by Crippen LogP contribution is -2.56. The summed E-state index contributed by atoms with van der Waals surface area (Å²) in [7, 11) is 0. The number of aliphatic hydroxyl groups is 4. The van der Waals surface area contributed by atoms with E-state index in [0.717, 1.165) is 0 Å². The van der Waals surface area contributed by atoms with Crippen LogP contribution < -0.4 is 10.6 Å². The number of nitrogens with one attached hydrogen (secondary N) is 2. The van der Waals surface area contributed by atoms with E-state index < -0.39 is 41.8 Å². The van der Waals surface area contributed by atoms with Gasteiger partial charge in [0.2, 0.25) is 0 Å². The average molecular weight is 292 g/mol. The van der Waals surface area contributed by atoms with Crippen molar-refractivity contribution in [1.82, 2.24) is 10.6 Å². The normalized spacial score (nSPS) is 17.8. The topological polar surface area (TPSA) is 139 Å². The minimum atomic E-state index is -1.99. The maximum atomic E-state index is 11.6. The Labute approximate surface area is 117 Å². The number of carbonyl (C=O) groups is 2. The Kier molecular flexibility index (Phi) is 7.07. The highest BCUT2D eigenvalue weighted by molar-refractivity contribution is 5.83. The van der Waals surface area contributed by atoms with E-state index in [1.54, 1.807) is 27.7 Å². The lowest BCUT2D eigenvalue weighted by molar-refractivity contribution is -0.156. The first-order chi connectivity index (χ1) is 9.01. The van der Waals surface area contributed by atoms with Gasteiger partial charge in [0.05, 0.1) is 0 Å². The van der Waals surface area contributed by atoms with Gasteiger partial charge in [0.25, 0.3) is 11.8 Å². The molecular formula is C12H24N2O6. The van der Waals surface area contributed by atoms with Crippen molar-refractivity contribution in [1.29, 1.82) is 0 Å². The van der Waals surface area contributed by atoms with Crippen LogP contribution in [0, 0.1) is 0 Å². The van der Waals surface area contributed by atoms with Crippen molar-refractivity contribution in [2.24, 2.45) is 0 Å². The van der Waals surface area contributed by atoms with Gasteiger partial charge in [-0.2, -0.15) is 0 Å². The molecule has 0 aliphatic rings. The summed E-state index contributed by atoms with van der Waals surface area (Å²) in [6, 6.07) is 0. The molecule has 0 bridgehead atoms. The van der Waals surface area contributed by atoms with Crippen LogP contribution in [0.2, 0.25) is 0 Å². The second kappa shape index (κ2) is 7.53. The van der Waals surface area contributed by atoms with Crippen LogP contribution in [0.4, 0.5) is 0 Å². The third kappa shape index (κ3) is 5.83. The first kappa shape index (κ1) is 18.8. The molecule has 0 fully saturated rings. The number of amides is 2. The maximum absolute atomic E-state index is 11.6. The van der Waals surface area contributed by atoms with E-state index in [1.165, 1.54) is 0 Å². The number of hydrogen-bond donors (Lipinski definition) is 6. The fraction of sp³-hybridized carbons (Fsp3) is 0.833. The molecule has 0 aromatic heterocycles. The Morgan fingerprint density at radius 3 is 1.70 bits per heavy atom. The average Bonchev–Trinajstić information content (AvgIpc) is 2.33. The number of likely N-dealkylation sites (N-methyl/N-ethyl adjacent to an activating group) is 1. The van der Waals surface area contributed by atoms with Crippen LogP contribution in [0.25, 0.3) is 0 Å². The monoisotopic (exact) mass is 292 g/mol. The molecule has 6 N–H and O–H groups in total. The Bertz CT molecular complexity index is 341. The van der Waals surface area contributed by atoms with Crippen molar-refractivity contribution in [2.75, 3.05) is 6.54 Å². The summed E-state index contributed by atoms with van der Waals surface area (Å²) in [4.78, 5) is 22.9. The minimum absolute atomic E-state index is 0.228. The van der Waals surface area contributed by atoms with E-state index in [2.05, 4.69) is 10.6 Å². The standard InChI is InChI=1S/C12H24N2O6/c1-5-13-10(19)8(17)6(15)7(16)9(18)11(20)14-12(2,3)4/h6-9,15-18H,5H2,1-4H3,(H,13,19)(H,14,20)/t6-,7+,8+,9-/m1/s1. The molecule has 0 radical (unpaired) electrons. The van der Waals surface area contributed by atoms with Gasteiger partial charge in [-0.25, -0.2) is 0 Å². The molecule has 0 saturated heterocycles. The highest BCUT2D eigenvalue weighted by atomic mass is 16.4. The molecule has 0 aliphatic carbocycles. The molecule has 20 heavy (non-hydrogen) atoms. The van der Waals surface area contributed by atoms with Crippen LogP contribution in [0.1, 0.15) is 27.7 Å². The fourth-order valence-electron chi connectivity index (χ4n) is 1.41. The van der Waals surface area contributed by atoms with Crippen LogP contribution >= 0.6 is 0 Å². The first-order valence-corrected chi connectivity index (χ1v) is 6.33. The molecule has 0 spiro atoms. The molecule has 8 nitrogen and oxygen atoms in total. The molecule has 0 aromatic carbocycles. The largest absolute Gasteiger partial charge is 0.387 e. The van der Waals surface area contributed by atoms with E-state index >= 15 is 0 Å². The van der Waals surface area contributed by atoms with Gasteiger partial charge in [0.15, 0.2) is 12.2 Å². The van der Waals surface area contributed by atoms with Crippen LogP contribution in [0.5, 0.6) is 0 Å². The second-order valence-electron chi connectivity index (χ2n) is 5.50. The molecule has 0 aliphatic heterocycles. The van der Waals surface area contributed by atoms with Crippen molar-refractivity contribution in [3.8, 4) is 0 Å². The first-order valence-electron chi connectivity index (χ1n) is 6.33. The van der Waals surface area contributed by atoms with Gasteiger partial charge < -0.3 is 31.1 Å². The fourth-order valence-corrected chi connectivity index (χ4v) is 1.41. The number of hydrogen-bond acceptors (Lipinski definition) is 6. The number of rotatable bonds is 6. The van der Waals surface area contributed by atoms with Gasteiger partial charge in [-0.3, -0.25) is 9.59 Å². The third-order valence-corrected chi connectivity index (χ3v) is 2.38. The third-order valence-electron chi connectivity index (χ3n) is 2.38. The minimum Gasteiger partial charge on any atom is -0.387 e. The van der Waals surface area contributed by atoms with Crippen molar-refractivity contribution >= 4 is 11.8 Å². The zero-order valence-corrected chi connectivity index (χ0v) is 12.1. The zero-order valence-electron chi connectivity index (χ0n) is 12.1. The molecule has 0 saturated carbocycles. The Morgan fingerprint density at radius 1 is 0.950 bits per heavy atom.